The van der Waals surface area contributed by atoms with E-state index >= 15 is 0 Å². The number of hydrogen-bond donors (Lipinski definition) is 4. The van der Waals surface area contributed by atoms with Crippen LogP contribution in [-0.2, 0) is 27.9 Å². The van der Waals surface area contributed by atoms with Gasteiger partial charge in [0.1, 0.15) is 5.75 Å². The third kappa shape index (κ3) is 7.46. The van der Waals surface area contributed by atoms with Gasteiger partial charge in [-0.3, -0.25) is 14.9 Å². The maximum atomic E-state index is 13.3. The van der Waals surface area contributed by atoms with Crippen LogP contribution in [0, 0.1) is 23.2 Å². The lowest BCUT2D eigenvalue weighted by Crippen LogP contribution is -2.48. The number of nitrogens with two attached hydrogens (primary N) is 1. The van der Waals surface area contributed by atoms with Crippen molar-refractivity contribution >= 4 is 22.1 Å². The Labute approximate surface area is 277 Å². The minimum atomic E-state index is -4.07. The molecular weight excluding hydrogens is 614 g/mol. The van der Waals surface area contributed by atoms with Crippen LogP contribution in [0.3, 0.4) is 0 Å². The summed E-state index contributed by atoms with van der Waals surface area (Å²) in [6.45, 7) is 2.86. The second kappa shape index (κ2) is 13.9. The molecule has 47 heavy (non-hydrogen) atoms. The molecular formula is C37H45N3O6S. The highest BCUT2D eigenvalue weighted by atomic mass is 32.2. The molecule has 2 amide bonds. The Morgan fingerprint density at radius 1 is 1.04 bits per heavy atom. The van der Waals surface area contributed by atoms with Gasteiger partial charge in [-0.05, 0) is 128 Å². The van der Waals surface area contributed by atoms with Crippen LogP contribution in [-0.4, -0.2) is 44.0 Å². The number of carbonyl (C=O) groups excluding carboxylic acids is 2. The standard InChI is InChI=1S/C37H45N3O6S/c1-37-19-18-30-29-17-15-28(46-47(38,44)45)22-26(29)14-16-31(30)32(37)23-27(34(37)41)13-8-20-39-33(21-24-9-4-2-5-10-24)36(43)40-35(42)25-11-6-3-7-12-25/h2-7,9-12,15,17,22,27,30-34,39,41H,8,13-14,16,18-21,23H2,1H3,(H2,38,44,45)(H,40,42,43)/t27-,30+,31+,32-,33-,34-,37-/m0/s1. The van der Waals surface area contributed by atoms with Gasteiger partial charge in [-0.1, -0.05) is 61.5 Å². The maximum Gasteiger partial charge on any atom is 0.380 e. The van der Waals surface area contributed by atoms with Crippen molar-refractivity contribution in [3.05, 3.63) is 101 Å². The second-order valence-electron chi connectivity index (χ2n) is 13.9. The molecule has 6 rings (SSSR count). The molecule has 0 radical (unpaired) electrons. The summed E-state index contributed by atoms with van der Waals surface area (Å²) in [4.78, 5) is 26.0. The number of hydrogen-bond acceptors (Lipinski definition) is 7. The molecule has 0 saturated heterocycles. The van der Waals surface area contributed by atoms with Crippen molar-refractivity contribution in [3.63, 3.8) is 0 Å². The number of rotatable bonds is 11. The Hall–Kier alpha value is -3.57. The minimum Gasteiger partial charge on any atom is -0.392 e. The van der Waals surface area contributed by atoms with E-state index < -0.39 is 22.3 Å². The van der Waals surface area contributed by atoms with Crippen LogP contribution >= 0.6 is 0 Å². The van der Waals surface area contributed by atoms with Gasteiger partial charge in [-0.25, -0.2) is 0 Å². The largest absolute Gasteiger partial charge is 0.392 e. The molecule has 5 N–H and O–H groups in total. The second-order valence-corrected chi connectivity index (χ2v) is 15.0. The maximum absolute atomic E-state index is 13.3. The van der Waals surface area contributed by atoms with Crippen LogP contribution in [0.25, 0.3) is 0 Å². The quantitative estimate of drug-likeness (QED) is 0.219. The number of benzene rings is 3. The van der Waals surface area contributed by atoms with E-state index in [1.807, 2.05) is 48.5 Å². The summed E-state index contributed by atoms with van der Waals surface area (Å²) >= 11 is 0. The van der Waals surface area contributed by atoms with Gasteiger partial charge in [0.05, 0.1) is 12.1 Å². The molecule has 3 aliphatic rings. The molecule has 3 aromatic carbocycles. The van der Waals surface area contributed by atoms with Crippen molar-refractivity contribution in [2.24, 2.45) is 28.3 Å². The number of imide groups is 1. The van der Waals surface area contributed by atoms with E-state index in [4.69, 9.17) is 9.32 Å². The minimum absolute atomic E-state index is 0.138. The molecule has 0 spiro atoms. The summed E-state index contributed by atoms with van der Waals surface area (Å²) < 4.78 is 27.8. The van der Waals surface area contributed by atoms with Crippen molar-refractivity contribution in [2.75, 3.05) is 6.54 Å². The Bertz CT molecular complexity index is 1680. The fourth-order valence-electron chi connectivity index (χ4n) is 8.78. The number of aryl methyl sites for hydroxylation is 1. The Kier molecular flexibility index (Phi) is 9.85. The monoisotopic (exact) mass is 659 g/mol. The first-order valence-corrected chi connectivity index (χ1v) is 18.2. The Morgan fingerprint density at radius 3 is 2.49 bits per heavy atom. The highest BCUT2D eigenvalue weighted by molar-refractivity contribution is 7.84. The van der Waals surface area contributed by atoms with Gasteiger partial charge in [0, 0.05) is 5.56 Å². The predicted molar refractivity (Wildman–Crippen MR) is 180 cm³/mol. The third-order valence-electron chi connectivity index (χ3n) is 11.0. The van der Waals surface area contributed by atoms with Crippen LogP contribution in [0.2, 0.25) is 0 Å². The lowest BCUT2D eigenvalue weighted by molar-refractivity contribution is -0.122. The van der Waals surface area contributed by atoms with Crippen molar-refractivity contribution in [2.45, 2.75) is 76.4 Å². The molecule has 0 heterocycles. The molecule has 0 aliphatic heterocycles. The molecule has 0 unspecified atom stereocenters. The average Bonchev–Trinajstić information content (AvgIpc) is 3.31. The summed E-state index contributed by atoms with van der Waals surface area (Å²) in [5.41, 5.74) is 3.69. The van der Waals surface area contributed by atoms with Gasteiger partial charge >= 0.3 is 10.3 Å². The van der Waals surface area contributed by atoms with Crippen molar-refractivity contribution in [1.29, 1.82) is 0 Å². The van der Waals surface area contributed by atoms with Gasteiger partial charge in [0.15, 0.2) is 0 Å². The number of aliphatic hydroxyl groups is 1. The Morgan fingerprint density at radius 2 is 1.77 bits per heavy atom. The molecule has 3 aromatic rings. The van der Waals surface area contributed by atoms with E-state index in [0.717, 1.165) is 56.1 Å². The highest BCUT2D eigenvalue weighted by Crippen LogP contribution is 2.62. The van der Waals surface area contributed by atoms with Crippen molar-refractivity contribution in [3.8, 4) is 5.75 Å². The zero-order valence-corrected chi connectivity index (χ0v) is 27.6. The van der Waals surface area contributed by atoms with E-state index in [0.29, 0.717) is 36.3 Å². The van der Waals surface area contributed by atoms with Crippen LogP contribution in [0.5, 0.6) is 5.75 Å². The SMILES string of the molecule is C[C@]12CC[C@@H]3c4ccc(OS(N)(=O)=O)cc4CC[C@H]3[C@@H]1C[C@H](CCCN[C@@H](Cc1ccccc1)C(=O)NC(=O)c1ccccc1)[C@@H]2O. The fourth-order valence-corrected chi connectivity index (χ4v) is 9.15. The normalized spacial score (nSPS) is 27.2. The van der Waals surface area contributed by atoms with Crippen molar-refractivity contribution < 1.29 is 27.3 Å². The van der Waals surface area contributed by atoms with Gasteiger partial charge < -0.3 is 14.6 Å². The molecule has 10 heteroatoms. The van der Waals surface area contributed by atoms with Crippen LogP contribution in [0.15, 0.2) is 78.9 Å². The zero-order chi connectivity index (χ0) is 33.2. The lowest BCUT2D eigenvalue weighted by atomic mass is 9.55. The molecule has 3 aliphatic carbocycles. The van der Waals surface area contributed by atoms with Gasteiger partial charge in [-0.15, -0.1) is 0 Å². The fraction of sp³-hybridized carbons (Fsp3) is 0.459. The predicted octanol–water partition coefficient (Wildman–Crippen LogP) is 4.65. The van der Waals surface area contributed by atoms with Crippen LogP contribution in [0.1, 0.15) is 78.4 Å². The van der Waals surface area contributed by atoms with E-state index in [1.54, 1.807) is 30.3 Å². The number of aliphatic hydroxyl groups excluding tert-OH is 1. The average molecular weight is 660 g/mol. The molecule has 7 atom stereocenters. The van der Waals surface area contributed by atoms with E-state index in [9.17, 15) is 23.1 Å². The van der Waals surface area contributed by atoms with Gasteiger partial charge in [0.25, 0.3) is 5.91 Å². The van der Waals surface area contributed by atoms with E-state index in [2.05, 4.69) is 17.6 Å². The molecule has 0 bridgehead atoms. The lowest BCUT2D eigenvalue weighted by Gasteiger charge is -2.50. The summed E-state index contributed by atoms with van der Waals surface area (Å²) in [7, 11) is -4.07. The first kappa shape index (κ1) is 33.3. The van der Waals surface area contributed by atoms with Crippen molar-refractivity contribution in [1.82, 2.24) is 10.6 Å². The van der Waals surface area contributed by atoms with Crippen LogP contribution in [0.4, 0.5) is 0 Å². The van der Waals surface area contributed by atoms with E-state index in [1.165, 1.54) is 5.56 Å². The molecule has 250 valence electrons. The molecule has 0 aromatic heterocycles. The smallest absolute Gasteiger partial charge is 0.380 e. The number of amides is 2. The summed E-state index contributed by atoms with van der Waals surface area (Å²) in [5.74, 6) is 0.910. The topological polar surface area (TPSA) is 148 Å². The third-order valence-corrected chi connectivity index (χ3v) is 11.5. The van der Waals surface area contributed by atoms with Gasteiger partial charge in [-0.2, -0.15) is 13.6 Å². The Balaban J connectivity index is 1.07. The molecule has 2 saturated carbocycles. The number of carbonyl (C=O) groups is 2. The first-order valence-electron chi connectivity index (χ1n) is 16.7. The van der Waals surface area contributed by atoms with Crippen LogP contribution < -0.4 is 20.0 Å². The molecule has 9 nitrogen and oxygen atoms in total. The highest BCUT2D eigenvalue weighted by Gasteiger charge is 2.57. The summed E-state index contributed by atoms with van der Waals surface area (Å²) in [6, 6.07) is 23.4. The number of nitrogens with one attached hydrogen (secondary N) is 2. The zero-order valence-electron chi connectivity index (χ0n) is 26.8. The summed E-state index contributed by atoms with van der Waals surface area (Å²) in [6.07, 6.45) is 6.48. The van der Waals surface area contributed by atoms with E-state index in [-0.39, 0.29) is 29.1 Å². The summed E-state index contributed by atoms with van der Waals surface area (Å²) in [5, 5.41) is 22.7. The van der Waals surface area contributed by atoms with Gasteiger partial charge in [0.2, 0.25) is 5.91 Å². The number of fused-ring (bicyclic) bond motifs is 5. The first-order chi connectivity index (χ1) is 22.5. The molecule has 2 fully saturated rings.